The summed E-state index contributed by atoms with van der Waals surface area (Å²) in [7, 11) is 3.32. The first kappa shape index (κ1) is 23.6. The number of hydrogen-bond donors (Lipinski definition) is 0. The van der Waals surface area contributed by atoms with Crippen molar-refractivity contribution in [3.8, 4) is 11.5 Å². The zero-order valence-electron chi connectivity index (χ0n) is 19.6. The van der Waals surface area contributed by atoms with Gasteiger partial charge >= 0.3 is 0 Å². The minimum atomic E-state index is -0.0888. The van der Waals surface area contributed by atoms with Crippen LogP contribution in [0.3, 0.4) is 0 Å². The molecule has 174 valence electrons. The molecule has 0 aliphatic carbocycles. The van der Waals surface area contributed by atoms with Crippen molar-refractivity contribution in [2.24, 2.45) is 7.05 Å². The lowest BCUT2D eigenvalue weighted by molar-refractivity contribution is 0.103. The average molecular weight is 475 g/mol. The van der Waals surface area contributed by atoms with Gasteiger partial charge in [0, 0.05) is 29.5 Å². The number of nitrogens with zero attached hydrogens (tertiary/aromatic N) is 2. The van der Waals surface area contributed by atoms with Crippen LogP contribution in [0.5, 0.6) is 11.5 Å². The minimum Gasteiger partial charge on any atom is -0.497 e. The number of thioether (sulfide) groups is 1. The first-order valence-electron chi connectivity index (χ1n) is 10.9. The Morgan fingerprint density at radius 1 is 1.03 bits per heavy atom. The highest BCUT2D eigenvalue weighted by Crippen LogP contribution is 2.30. The summed E-state index contributed by atoms with van der Waals surface area (Å²) in [5.74, 6) is 1.80. The molecule has 0 spiro atoms. The Morgan fingerprint density at radius 2 is 1.74 bits per heavy atom. The summed E-state index contributed by atoms with van der Waals surface area (Å²) in [6, 6.07) is 19.9. The van der Waals surface area contributed by atoms with Gasteiger partial charge in [-0.3, -0.25) is 14.2 Å². The Bertz CT molecular complexity index is 1390. The molecule has 0 N–H and O–H groups in total. The maximum atomic E-state index is 13.0. The Kier molecular flexibility index (Phi) is 7.03. The minimum absolute atomic E-state index is 0.0572. The number of ether oxygens (including phenoxy) is 2. The third kappa shape index (κ3) is 4.99. The Balaban J connectivity index is 1.62. The Labute approximate surface area is 202 Å². The summed E-state index contributed by atoms with van der Waals surface area (Å²) in [6.45, 7) is 3.90. The first-order valence-corrected chi connectivity index (χ1v) is 11.9. The molecule has 0 saturated heterocycles. The molecule has 7 heteroatoms. The zero-order chi connectivity index (χ0) is 24.2. The summed E-state index contributed by atoms with van der Waals surface area (Å²) >= 11 is 1.46. The number of fused-ring (bicyclic) bond motifs is 1. The number of benzene rings is 3. The van der Waals surface area contributed by atoms with Gasteiger partial charge in [0.05, 0.1) is 24.1 Å². The highest BCUT2D eigenvalue weighted by atomic mass is 32.2. The Morgan fingerprint density at radius 3 is 2.44 bits per heavy atom. The maximum absolute atomic E-state index is 13.0. The van der Waals surface area contributed by atoms with E-state index in [9.17, 15) is 9.59 Å². The molecule has 1 heterocycles. The van der Waals surface area contributed by atoms with Crippen molar-refractivity contribution in [2.75, 3.05) is 7.11 Å². The molecule has 4 aromatic rings. The van der Waals surface area contributed by atoms with Crippen molar-refractivity contribution in [3.63, 3.8) is 0 Å². The third-order valence-electron chi connectivity index (χ3n) is 5.34. The Hall–Kier alpha value is -3.58. The lowest BCUT2D eigenvalue weighted by Gasteiger charge is -2.16. The largest absolute Gasteiger partial charge is 0.497 e. The van der Waals surface area contributed by atoms with Gasteiger partial charge in [0.2, 0.25) is 0 Å². The second-order valence-electron chi connectivity index (χ2n) is 8.11. The number of rotatable bonds is 8. The fraction of sp³-hybridized carbons (Fsp3) is 0.222. The number of ketones is 1. The van der Waals surface area contributed by atoms with Crippen LogP contribution in [0.25, 0.3) is 10.9 Å². The van der Waals surface area contributed by atoms with Crippen LogP contribution >= 0.6 is 11.8 Å². The lowest BCUT2D eigenvalue weighted by Crippen LogP contribution is -2.20. The normalized spacial score (nSPS) is 11.1. The van der Waals surface area contributed by atoms with Crippen molar-refractivity contribution >= 4 is 28.4 Å². The van der Waals surface area contributed by atoms with Gasteiger partial charge < -0.3 is 9.47 Å². The summed E-state index contributed by atoms with van der Waals surface area (Å²) in [4.78, 5) is 30.4. The number of aromatic nitrogens is 2. The third-order valence-corrected chi connectivity index (χ3v) is 6.42. The number of carbonyl (C=O) groups is 1. The van der Waals surface area contributed by atoms with Crippen molar-refractivity contribution in [1.82, 2.24) is 9.55 Å². The fourth-order valence-electron chi connectivity index (χ4n) is 3.56. The molecule has 0 aliphatic rings. The summed E-state index contributed by atoms with van der Waals surface area (Å²) in [5, 5.41) is 1.22. The predicted octanol–water partition coefficient (Wildman–Crippen LogP) is 5.25. The van der Waals surface area contributed by atoms with Crippen molar-refractivity contribution in [1.29, 1.82) is 0 Å². The molecule has 0 bridgehead atoms. The molecule has 4 rings (SSSR count). The molecule has 0 unspecified atom stereocenters. The van der Waals surface area contributed by atoms with Gasteiger partial charge in [0.15, 0.2) is 10.9 Å². The van der Waals surface area contributed by atoms with Gasteiger partial charge in [-0.1, -0.05) is 36.0 Å². The van der Waals surface area contributed by atoms with Crippen LogP contribution in [0.4, 0.5) is 0 Å². The van der Waals surface area contributed by atoms with Crippen molar-refractivity contribution in [2.45, 2.75) is 30.9 Å². The van der Waals surface area contributed by atoms with E-state index in [2.05, 4.69) is 4.98 Å². The van der Waals surface area contributed by atoms with Crippen molar-refractivity contribution < 1.29 is 14.3 Å². The van der Waals surface area contributed by atoms with Gasteiger partial charge in [-0.15, -0.1) is 0 Å². The van der Waals surface area contributed by atoms with Gasteiger partial charge in [-0.2, -0.15) is 0 Å². The van der Waals surface area contributed by atoms with Gasteiger partial charge in [0.1, 0.15) is 11.5 Å². The quantitative estimate of drug-likeness (QED) is 0.197. The monoisotopic (exact) mass is 474 g/mol. The molecule has 0 fully saturated rings. The van der Waals surface area contributed by atoms with Crippen molar-refractivity contribution in [3.05, 3.63) is 93.8 Å². The molecule has 34 heavy (non-hydrogen) atoms. The second kappa shape index (κ2) is 10.1. The van der Waals surface area contributed by atoms with E-state index < -0.39 is 0 Å². The van der Waals surface area contributed by atoms with Gasteiger partial charge in [-0.05, 0) is 56.3 Å². The van der Waals surface area contributed by atoms with E-state index in [1.807, 2.05) is 44.2 Å². The van der Waals surface area contributed by atoms with Gasteiger partial charge in [-0.25, -0.2) is 4.98 Å². The highest BCUT2D eigenvalue weighted by molar-refractivity contribution is 7.98. The van der Waals surface area contributed by atoms with Gasteiger partial charge in [0.25, 0.3) is 5.56 Å². The van der Waals surface area contributed by atoms with E-state index in [0.717, 1.165) is 5.56 Å². The summed E-state index contributed by atoms with van der Waals surface area (Å²) < 4.78 is 12.8. The number of carbonyl (C=O) groups excluding carboxylic acids is 1. The SMILES string of the molecule is COc1ccc(C(=O)c2ccc(CSc3nc4ccccc4c(=O)n3C)c(OC(C)C)c2)cc1. The van der Waals surface area contributed by atoms with E-state index in [1.54, 1.807) is 55.1 Å². The topological polar surface area (TPSA) is 70.4 Å². The number of para-hydroxylation sites is 1. The lowest BCUT2D eigenvalue weighted by atomic mass is 10.0. The van der Waals surface area contributed by atoms with Crippen LogP contribution in [0, 0.1) is 0 Å². The molecule has 0 aliphatic heterocycles. The fourth-order valence-corrected chi connectivity index (χ4v) is 4.52. The van der Waals surface area contributed by atoms with Crippen LogP contribution in [-0.4, -0.2) is 28.5 Å². The first-order chi connectivity index (χ1) is 16.4. The molecule has 0 saturated carbocycles. The van der Waals surface area contributed by atoms with E-state index in [0.29, 0.717) is 44.4 Å². The molecular weight excluding hydrogens is 448 g/mol. The van der Waals surface area contributed by atoms with Crippen LogP contribution < -0.4 is 15.0 Å². The smallest absolute Gasteiger partial charge is 0.261 e. The molecular formula is C27H26N2O4S. The van der Waals surface area contributed by atoms with E-state index in [1.165, 1.54) is 11.8 Å². The van der Waals surface area contributed by atoms with Crippen LogP contribution in [0.15, 0.2) is 76.7 Å². The number of hydrogen-bond acceptors (Lipinski definition) is 6. The summed E-state index contributed by atoms with van der Waals surface area (Å²) in [6.07, 6.45) is -0.0572. The van der Waals surface area contributed by atoms with E-state index in [-0.39, 0.29) is 17.4 Å². The highest BCUT2D eigenvalue weighted by Gasteiger charge is 2.16. The van der Waals surface area contributed by atoms with Crippen LogP contribution in [0.1, 0.15) is 35.3 Å². The van der Waals surface area contributed by atoms with Crippen LogP contribution in [-0.2, 0) is 12.8 Å². The standard InChI is InChI=1S/C27H26N2O4S/c1-17(2)33-24-15-19(25(30)18-11-13-21(32-4)14-12-18)9-10-20(24)16-34-27-28-23-8-6-5-7-22(23)26(31)29(27)3/h5-15,17H,16H2,1-4H3. The van der Waals surface area contributed by atoms with E-state index in [4.69, 9.17) is 9.47 Å². The zero-order valence-corrected chi connectivity index (χ0v) is 20.4. The van der Waals surface area contributed by atoms with Crippen LogP contribution in [0.2, 0.25) is 0 Å². The average Bonchev–Trinajstić information content (AvgIpc) is 2.85. The molecule has 0 radical (unpaired) electrons. The molecule has 0 atom stereocenters. The molecule has 6 nitrogen and oxygen atoms in total. The molecule has 1 aromatic heterocycles. The second-order valence-corrected chi connectivity index (χ2v) is 9.05. The molecule has 0 amide bonds. The van der Waals surface area contributed by atoms with E-state index >= 15 is 0 Å². The summed E-state index contributed by atoms with van der Waals surface area (Å²) in [5.41, 5.74) is 2.64. The number of methoxy groups -OCH3 is 1. The molecule has 3 aromatic carbocycles. The predicted molar refractivity (Wildman–Crippen MR) is 135 cm³/mol. The maximum Gasteiger partial charge on any atom is 0.261 e.